The summed E-state index contributed by atoms with van der Waals surface area (Å²) in [6, 6.07) is 0. The lowest BCUT2D eigenvalue weighted by Gasteiger charge is -2.18. The normalized spacial score (nSPS) is 15.6. The molecule has 0 aromatic carbocycles. The third-order valence-electron chi connectivity index (χ3n) is 1.88. The van der Waals surface area contributed by atoms with Crippen molar-refractivity contribution < 1.29 is 14.3 Å². The first-order chi connectivity index (χ1) is 5.17. The van der Waals surface area contributed by atoms with Crippen molar-refractivity contribution in [2.24, 2.45) is 5.92 Å². The van der Waals surface area contributed by atoms with Gasteiger partial charge in [-0.2, -0.15) is 0 Å². The summed E-state index contributed by atoms with van der Waals surface area (Å²) in [5, 5.41) is 0. The molecule has 0 aromatic rings. The molecule has 0 aliphatic heterocycles. The van der Waals surface area contributed by atoms with E-state index in [1.54, 1.807) is 7.11 Å². The van der Waals surface area contributed by atoms with E-state index in [0.29, 0.717) is 0 Å². The fourth-order valence-electron chi connectivity index (χ4n) is 1.01. The van der Waals surface area contributed by atoms with E-state index in [1.807, 2.05) is 13.8 Å². The Morgan fingerprint density at radius 2 is 2.00 bits per heavy atom. The van der Waals surface area contributed by atoms with Gasteiger partial charge in [0.1, 0.15) is 0 Å². The van der Waals surface area contributed by atoms with Crippen LogP contribution >= 0.6 is 0 Å². The molecule has 2 unspecified atom stereocenters. The van der Waals surface area contributed by atoms with Gasteiger partial charge in [0.15, 0.2) is 0 Å². The van der Waals surface area contributed by atoms with E-state index < -0.39 is 0 Å². The van der Waals surface area contributed by atoms with Crippen LogP contribution in [0, 0.1) is 5.92 Å². The van der Waals surface area contributed by atoms with Gasteiger partial charge in [0.05, 0.1) is 19.1 Å². The average Bonchev–Trinajstić information content (AvgIpc) is 2.05. The second-order valence-corrected chi connectivity index (χ2v) is 2.48. The van der Waals surface area contributed by atoms with E-state index >= 15 is 0 Å². The number of esters is 1. The van der Waals surface area contributed by atoms with Crippen LogP contribution in [0.15, 0.2) is 0 Å². The van der Waals surface area contributed by atoms with Crippen LogP contribution in [-0.2, 0) is 14.3 Å². The molecule has 2 atom stereocenters. The van der Waals surface area contributed by atoms with Gasteiger partial charge in [-0.15, -0.1) is 0 Å². The van der Waals surface area contributed by atoms with Crippen LogP contribution in [0.3, 0.4) is 0 Å². The number of hydrogen-bond acceptors (Lipinski definition) is 3. The molecule has 0 amide bonds. The molecule has 0 spiro atoms. The van der Waals surface area contributed by atoms with Crippen LogP contribution in [0.1, 0.15) is 20.3 Å². The SMILES string of the molecule is CCC(C(=O)OC)C(C)OC. The first kappa shape index (κ1) is 10.4. The smallest absolute Gasteiger partial charge is 0.311 e. The zero-order valence-electron chi connectivity index (χ0n) is 7.59. The Kier molecular flexibility index (Phi) is 4.86. The highest BCUT2D eigenvalue weighted by atomic mass is 16.5. The molecule has 0 fully saturated rings. The summed E-state index contributed by atoms with van der Waals surface area (Å²) >= 11 is 0. The Balaban J connectivity index is 4.03. The Morgan fingerprint density at radius 3 is 2.27 bits per heavy atom. The van der Waals surface area contributed by atoms with E-state index in [1.165, 1.54) is 7.11 Å². The summed E-state index contributed by atoms with van der Waals surface area (Å²) in [5.41, 5.74) is 0. The number of carbonyl (C=O) groups is 1. The van der Waals surface area contributed by atoms with Gasteiger partial charge in [-0.05, 0) is 13.3 Å². The van der Waals surface area contributed by atoms with Crippen molar-refractivity contribution in [3.63, 3.8) is 0 Å². The first-order valence-corrected chi connectivity index (χ1v) is 3.78. The summed E-state index contributed by atoms with van der Waals surface area (Å²) in [6.07, 6.45) is 0.689. The molecule has 0 rings (SSSR count). The van der Waals surface area contributed by atoms with Crippen LogP contribution in [0.5, 0.6) is 0 Å². The Bertz CT molecular complexity index is 123. The van der Waals surface area contributed by atoms with Crippen LogP contribution in [0.4, 0.5) is 0 Å². The third kappa shape index (κ3) is 2.89. The predicted octanol–water partition coefficient (Wildman–Crippen LogP) is 1.22. The van der Waals surface area contributed by atoms with E-state index in [0.717, 1.165) is 6.42 Å². The molecule has 0 N–H and O–H groups in total. The van der Waals surface area contributed by atoms with Crippen LogP contribution in [0.25, 0.3) is 0 Å². The summed E-state index contributed by atoms with van der Waals surface area (Å²) in [5.74, 6) is -0.327. The number of rotatable bonds is 4. The summed E-state index contributed by atoms with van der Waals surface area (Å²) in [4.78, 5) is 11.0. The van der Waals surface area contributed by atoms with Gasteiger partial charge in [0, 0.05) is 7.11 Å². The van der Waals surface area contributed by atoms with Crippen LogP contribution in [0.2, 0.25) is 0 Å². The zero-order chi connectivity index (χ0) is 8.85. The van der Waals surface area contributed by atoms with E-state index in [4.69, 9.17) is 4.74 Å². The number of ether oxygens (including phenoxy) is 2. The van der Waals surface area contributed by atoms with Crippen molar-refractivity contribution in [2.45, 2.75) is 26.4 Å². The number of carbonyl (C=O) groups excluding carboxylic acids is 1. The number of hydrogen-bond donors (Lipinski definition) is 0. The second-order valence-electron chi connectivity index (χ2n) is 2.48. The molecular weight excluding hydrogens is 144 g/mol. The lowest BCUT2D eigenvalue weighted by molar-refractivity contribution is -0.150. The minimum atomic E-state index is -0.193. The van der Waals surface area contributed by atoms with Gasteiger partial charge in [-0.1, -0.05) is 6.92 Å². The van der Waals surface area contributed by atoms with Gasteiger partial charge < -0.3 is 9.47 Å². The predicted molar refractivity (Wildman–Crippen MR) is 42.3 cm³/mol. The Hall–Kier alpha value is -0.570. The quantitative estimate of drug-likeness (QED) is 0.580. The summed E-state index contributed by atoms with van der Waals surface area (Å²) in [6.45, 7) is 3.81. The summed E-state index contributed by atoms with van der Waals surface area (Å²) < 4.78 is 9.63. The van der Waals surface area contributed by atoms with E-state index in [-0.39, 0.29) is 18.0 Å². The molecule has 0 aliphatic carbocycles. The highest BCUT2D eigenvalue weighted by molar-refractivity contribution is 5.72. The monoisotopic (exact) mass is 160 g/mol. The maximum atomic E-state index is 11.0. The van der Waals surface area contributed by atoms with Crippen molar-refractivity contribution in [2.75, 3.05) is 14.2 Å². The molecular formula is C8H16O3. The fraction of sp³-hybridized carbons (Fsp3) is 0.875. The fourth-order valence-corrected chi connectivity index (χ4v) is 1.01. The molecule has 0 aromatic heterocycles. The third-order valence-corrected chi connectivity index (χ3v) is 1.88. The minimum absolute atomic E-state index is 0.0625. The number of methoxy groups -OCH3 is 2. The molecule has 0 saturated carbocycles. The Morgan fingerprint density at radius 1 is 1.45 bits per heavy atom. The van der Waals surface area contributed by atoms with E-state index in [2.05, 4.69) is 4.74 Å². The molecule has 0 aliphatic rings. The molecule has 0 heterocycles. The maximum Gasteiger partial charge on any atom is 0.311 e. The largest absolute Gasteiger partial charge is 0.469 e. The topological polar surface area (TPSA) is 35.5 Å². The lowest BCUT2D eigenvalue weighted by Crippen LogP contribution is -2.27. The molecule has 3 heteroatoms. The van der Waals surface area contributed by atoms with Gasteiger partial charge in [-0.3, -0.25) is 4.79 Å². The van der Waals surface area contributed by atoms with Crippen molar-refractivity contribution in [1.82, 2.24) is 0 Å². The first-order valence-electron chi connectivity index (χ1n) is 3.78. The van der Waals surface area contributed by atoms with Gasteiger partial charge in [-0.25, -0.2) is 0 Å². The average molecular weight is 160 g/mol. The molecule has 0 radical (unpaired) electrons. The van der Waals surface area contributed by atoms with Crippen molar-refractivity contribution >= 4 is 5.97 Å². The van der Waals surface area contributed by atoms with Crippen molar-refractivity contribution in [1.29, 1.82) is 0 Å². The Labute approximate surface area is 67.7 Å². The van der Waals surface area contributed by atoms with Crippen molar-refractivity contribution in [3.05, 3.63) is 0 Å². The van der Waals surface area contributed by atoms with Gasteiger partial charge in [0.25, 0.3) is 0 Å². The van der Waals surface area contributed by atoms with Crippen LogP contribution < -0.4 is 0 Å². The van der Waals surface area contributed by atoms with Gasteiger partial charge in [0.2, 0.25) is 0 Å². The van der Waals surface area contributed by atoms with Crippen molar-refractivity contribution in [3.8, 4) is 0 Å². The molecule has 0 bridgehead atoms. The molecule has 0 saturated heterocycles. The maximum absolute atomic E-state index is 11.0. The summed E-state index contributed by atoms with van der Waals surface area (Å²) in [7, 11) is 2.99. The minimum Gasteiger partial charge on any atom is -0.469 e. The second kappa shape index (κ2) is 5.13. The molecule has 11 heavy (non-hydrogen) atoms. The zero-order valence-corrected chi connectivity index (χ0v) is 7.59. The standard InChI is InChI=1S/C8H16O3/c1-5-7(6(2)10-3)8(9)11-4/h6-7H,5H2,1-4H3. The molecule has 66 valence electrons. The molecule has 3 nitrogen and oxygen atoms in total. The highest BCUT2D eigenvalue weighted by Crippen LogP contribution is 2.12. The van der Waals surface area contributed by atoms with Crippen LogP contribution in [-0.4, -0.2) is 26.3 Å². The van der Waals surface area contributed by atoms with E-state index in [9.17, 15) is 4.79 Å². The highest BCUT2D eigenvalue weighted by Gasteiger charge is 2.23. The lowest BCUT2D eigenvalue weighted by atomic mass is 10.0. The van der Waals surface area contributed by atoms with Gasteiger partial charge >= 0.3 is 5.97 Å².